The van der Waals surface area contributed by atoms with Gasteiger partial charge in [0.25, 0.3) is 5.95 Å². The number of aryl methyl sites for hydroxylation is 3. The Balaban J connectivity index is 1.81. The van der Waals surface area contributed by atoms with Gasteiger partial charge in [0, 0.05) is 26.9 Å². The van der Waals surface area contributed by atoms with E-state index in [1.165, 1.54) is 16.7 Å². The Bertz CT molecular complexity index is 1190. The molecule has 1 aliphatic rings. The fourth-order valence-electron chi connectivity index (χ4n) is 3.93. The predicted octanol–water partition coefficient (Wildman–Crippen LogP) is 5.47. The van der Waals surface area contributed by atoms with E-state index in [0.717, 1.165) is 45.7 Å². The normalized spacial score (nSPS) is 12.5. The molecular weight excluding hydrogens is 412 g/mol. The minimum absolute atomic E-state index is 0.624. The predicted molar refractivity (Wildman–Crippen MR) is 115 cm³/mol. The first-order chi connectivity index (χ1) is 13.6. The van der Waals surface area contributed by atoms with Gasteiger partial charge in [-0.3, -0.25) is 0 Å². The van der Waals surface area contributed by atoms with Crippen molar-refractivity contribution >= 4 is 15.9 Å². The van der Waals surface area contributed by atoms with E-state index >= 15 is 0 Å². The van der Waals surface area contributed by atoms with Crippen LogP contribution in [0.1, 0.15) is 22.5 Å². The second-order valence-electron chi connectivity index (χ2n) is 7.20. The summed E-state index contributed by atoms with van der Waals surface area (Å²) in [5, 5.41) is 4.62. The molecule has 0 atom stereocenters. The van der Waals surface area contributed by atoms with Gasteiger partial charge in [-0.25, -0.2) is 14.6 Å². The van der Waals surface area contributed by atoms with Gasteiger partial charge in [-0.05, 0) is 50.5 Å². The Kier molecular flexibility index (Phi) is 4.13. The number of benzene rings is 2. The SMILES string of the molecule is Cc1cc(C)n(-c2nc(-c3ccc(Br)cc3)c3c(n2)-c2ccccc2CC3)n1. The van der Waals surface area contributed by atoms with Gasteiger partial charge in [0.15, 0.2) is 0 Å². The smallest absolute Gasteiger partial charge is 0.211 e. The molecule has 28 heavy (non-hydrogen) atoms. The highest BCUT2D eigenvalue weighted by Gasteiger charge is 2.24. The Labute approximate surface area is 172 Å². The maximum Gasteiger partial charge on any atom is 0.251 e. The molecule has 0 saturated heterocycles. The Morgan fingerprint density at radius 2 is 1.64 bits per heavy atom. The van der Waals surface area contributed by atoms with Gasteiger partial charge in [-0.15, -0.1) is 0 Å². The molecule has 0 spiro atoms. The summed E-state index contributed by atoms with van der Waals surface area (Å²) in [5.74, 6) is 0.624. The average molecular weight is 431 g/mol. The summed E-state index contributed by atoms with van der Waals surface area (Å²) in [7, 11) is 0. The molecule has 2 aromatic carbocycles. The molecule has 0 fully saturated rings. The number of nitrogens with zero attached hydrogens (tertiary/aromatic N) is 4. The molecule has 0 amide bonds. The second-order valence-corrected chi connectivity index (χ2v) is 8.12. The van der Waals surface area contributed by atoms with Crippen LogP contribution in [0.2, 0.25) is 0 Å². The molecule has 0 aliphatic heterocycles. The van der Waals surface area contributed by atoms with Gasteiger partial charge in [0.1, 0.15) is 0 Å². The molecule has 5 rings (SSSR count). The zero-order valence-electron chi connectivity index (χ0n) is 15.8. The highest BCUT2D eigenvalue weighted by molar-refractivity contribution is 9.10. The quantitative estimate of drug-likeness (QED) is 0.423. The summed E-state index contributed by atoms with van der Waals surface area (Å²) in [5.41, 5.74) is 8.87. The average Bonchev–Trinajstić information content (AvgIpc) is 3.05. The van der Waals surface area contributed by atoms with Crippen LogP contribution in [0.5, 0.6) is 0 Å². The summed E-state index contributed by atoms with van der Waals surface area (Å²) >= 11 is 3.53. The van der Waals surface area contributed by atoms with Crippen LogP contribution in [0.15, 0.2) is 59.1 Å². The lowest BCUT2D eigenvalue weighted by atomic mass is 9.87. The summed E-state index contributed by atoms with van der Waals surface area (Å²) in [4.78, 5) is 9.96. The molecule has 4 aromatic rings. The Morgan fingerprint density at radius 3 is 2.39 bits per heavy atom. The third-order valence-corrected chi connectivity index (χ3v) is 5.76. The van der Waals surface area contributed by atoms with Crippen LogP contribution in [0, 0.1) is 13.8 Å². The van der Waals surface area contributed by atoms with E-state index in [1.54, 1.807) is 0 Å². The van der Waals surface area contributed by atoms with Gasteiger partial charge in [-0.1, -0.05) is 52.3 Å². The van der Waals surface area contributed by atoms with E-state index in [9.17, 15) is 0 Å². The molecule has 0 saturated carbocycles. The van der Waals surface area contributed by atoms with Crippen LogP contribution < -0.4 is 0 Å². The molecule has 2 aromatic heterocycles. The van der Waals surface area contributed by atoms with Crippen LogP contribution in [-0.2, 0) is 12.8 Å². The fraction of sp³-hybridized carbons (Fsp3) is 0.174. The van der Waals surface area contributed by atoms with Crippen molar-refractivity contribution in [2.45, 2.75) is 26.7 Å². The van der Waals surface area contributed by atoms with Crippen molar-refractivity contribution in [1.82, 2.24) is 19.7 Å². The van der Waals surface area contributed by atoms with Gasteiger partial charge in [-0.2, -0.15) is 5.10 Å². The van der Waals surface area contributed by atoms with Gasteiger partial charge in [0.2, 0.25) is 0 Å². The number of hydrogen-bond acceptors (Lipinski definition) is 3. The lowest BCUT2D eigenvalue weighted by Gasteiger charge is -2.22. The summed E-state index contributed by atoms with van der Waals surface area (Å²) < 4.78 is 2.90. The standard InChI is InChI=1S/C23H19BrN4/c1-14-13-15(2)28(27-14)23-25-21(17-7-10-18(24)11-8-17)20-12-9-16-5-3-4-6-19(16)22(20)26-23/h3-8,10-11,13H,9,12H2,1-2H3. The van der Waals surface area contributed by atoms with E-state index in [1.807, 2.05) is 18.5 Å². The largest absolute Gasteiger partial charge is 0.251 e. The lowest BCUT2D eigenvalue weighted by molar-refractivity contribution is 0.768. The van der Waals surface area contributed by atoms with Crippen molar-refractivity contribution in [1.29, 1.82) is 0 Å². The molecule has 0 N–H and O–H groups in total. The van der Waals surface area contributed by atoms with Crippen LogP contribution in [-0.4, -0.2) is 19.7 Å². The monoisotopic (exact) mass is 430 g/mol. The minimum atomic E-state index is 0.624. The van der Waals surface area contributed by atoms with Crippen molar-refractivity contribution in [2.75, 3.05) is 0 Å². The summed E-state index contributed by atoms with van der Waals surface area (Å²) in [6.07, 6.45) is 1.95. The lowest BCUT2D eigenvalue weighted by Crippen LogP contribution is -2.14. The van der Waals surface area contributed by atoms with Crippen molar-refractivity contribution in [3.8, 4) is 28.5 Å². The Hall–Kier alpha value is -2.79. The molecule has 0 unspecified atom stereocenters. The van der Waals surface area contributed by atoms with Crippen molar-refractivity contribution in [2.24, 2.45) is 0 Å². The second kappa shape index (κ2) is 6.67. The summed E-state index contributed by atoms with van der Waals surface area (Å²) in [6, 6.07) is 18.9. The molecule has 5 heteroatoms. The maximum absolute atomic E-state index is 4.98. The first-order valence-electron chi connectivity index (χ1n) is 9.39. The van der Waals surface area contributed by atoms with E-state index in [2.05, 4.69) is 75.6 Å². The maximum atomic E-state index is 4.98. The molecular formula is C23H19BrN4. The third-order valence-electron chi connectivity index (χ3n) is 5.23. The fourth-order valence-corrected chi connectivity index (χ4v) is 4.20. The van der Waals surface area contributed by atoms with E-state index in [-0.39, 0.29) is 0 Å². The molecule has 4 nitrogen and oxygen atoms in total. The van der Waals surface area contributed by atoms with E-state index in [4.69, 9.17) is 9.97 Å². The van der Waals surface area contributed by atoms with Crippen LogP contribution >= 0.6 is 15.9 Å². The number of rotatable bonds is 2. The topological polar surface area (TPSA) is 43.6 Å². The summed E-state index contributed by atoms with van der Waals surface area (Å²) in [6.45, 7) is 4.03. The zero-order valence-corrected chi connectivity index (χ0v) is 17.4. The van der Waals surface area contributed by atoms with Crippen molar-refractivity contribution in [3.05, 3.63) is 81.6 Å². The number of halogens is 1. The number of hydrogen-bond donors (Lipinski definition) is 0. The van der Waals surface area contributed by atoms with Gasteiger partial charge in [0.05, 0.1) is 17.1 Å². The van der Waals surface area contributed by atoms with Crippen LogP contribution in [0.4, 0.5) is 0 Å². The molecule has 2 heterocycles. The van der Waals surface area contributed by atoms with Gasteiger partial charge < -0.3 is 0 Å². The van der Waals surface area contributed by atoms with E-state index < -0.39 is 0 Å². The van der Waals surface area contributed by atoms with Crippen LogP contribution in [0.3, 0.4) is 0 Å². The molecule has 0 radical (unpaired) electrons. The molecule has 138 valence electrons. The zero-order chi connectivity index (χ0) is 19.3. The van der Waals surface area contributed by atoms with Crippen molar-refractivity contribution < 1.29 is 0 Å². The Morgan fingerprint density at radius 1 is 0.893 bits per heavy atom. The third kappa shape index (κ3) is 2.87. The highest BCUT2D eigenvalue weighted by atomic mass is 79.9. The van der Waals surface area contributed by atoms with Gasteiger partial charge >= 0.3 is 0 Å². The molecule has 1 aliphatic carbocycles. The first-order valence-corrected chi connectivity index (χ1v) is 10.2. The number of aromatic nitrogens is 4. The van der Waals surface area contributed by atoms with E-state index in [0.29, 0.717) is 5.95 Å². The molecule has 0 bridgehead atoms. The van der Waals surface area contributed by atoms with Crippen LogP contribution in [0.25, 0.3) is 28.5 Å². The highest BCUT2D eigenvalue weighted by Crippen LogP contribution is 2.37. The first kappa shape index (κ1) is 17.3. The number of fused-ring (bicyclic) bond motifs is 3. The minimum Gasteiger partial charge on any atom is -0.211 e. The van der Waals surface area contributed by atoms with Crippen molar-refractivity contribution in [3.63, 3.8) is 0 Å².